The van der Waals surface area contributed by atoms with E-state index >= 15 is 0 Å². The van der Waals surface area contributed by atoms with Crippen molar-refractivity contribution in [3.05, 3.63) is 47.5 Å². The molecule has 0 unspecified atom stereocenters. The first-order valence-corrected chi connectivity index (χ1v) is 11.3. The summed E-state index contributed by atoms with van der Waals surface area (Å²) < 4.78 is 24.2. The zero-order valence-electron chi connectivity index (χ0n) is 17.2. The zero-order valence-corrected chi connectivity index (χ0v) is 17.2. The van der Waals surface area contributed by atoms with Crippen LogP contribution in [0, 0.1) is 5.92 Å². The van der Waals surface area contributed by atoms with Crippen LogP contribution < -0.4 is 0 Å². The van der Waals surface area contributed by atoms with Gasteiger partial charge in [-0.05, 0) is 67.6 Å². The van der Waals surface area contributed by atoms with E-state index in [0.29, 0.717) is 18.8 Å². The van der Waals surface area contributed by atoms with Crippen LogP contribution in [-0.4, -0.2) is 0 Å². The summed E-state index contributed by atoms with van der Waals surface area (Å²) in [7, 11) is 0. The molecule has 0 nitrogen and oxygen atoms in total. The lowest BCUT2D eigenvalue weighted by atomic mass is 9.77. The predicted octanol–water partition coefficient (Wildman–Crippen LogP) is 8.81. The van der Waals surface area contributed by atoms with Gasteiger partial charge in [-0.2, -0.15) is 8.78 Å². The zero-order chi connectivity index (χ0) is 19.3. The third-order valence-corrected chi connectivity index (χ3v) is 6.25. The Kier molecular flexibility index (Phi) is 10.7. The van der Waals surface area contributed by atoms with Gasteiger partial charge in [0, 0.05) is 0 Å². The van der Waals surface area contributed by atoms with E-state index < -0.39 is 6.08 Å². The van der Waals surface area contributed by atoms with Crippen LogP contribution in [0.2, 0.25) is 0 Å². The van der Waals surface area contributed by atoms with Gasteiger partial charge in [0.15, 0.2) is 0 Å². The summed E-state index contributed by atoms with van der Waals surface area (Å²) in [6.07, 6.45) is 17.2. The van der Waals surface area contributed by atoms with Crippen LogP contribution in [0.25, 0.3) is 0 Å². The SMILES string of the molecule is CCCCCCCCC[C@H]1CC[C@H](c2ccc(CCC=C(F)F)cc2)CC1. The van der Waals surface area contributed by atoms with Crippen LogP contribution in [0.1, 0.15) is 107 Å². The molecule has 0 aliphatic heterocycles. The van der Waals surface area contributed by atoms with Crippen molar-refractivity contribution < 1.29 is 8.78 Å². The molecule has 2 rings (SSSR count). The highest BCUT2D eigenvalue weighted by molar-refractivity contribution is 5.26. The van der Waals surface area contributed by atoms with E-state index in [-0.39, 0.29) is 0 Å². The summed E-state index contributed by atoms with van der Waals surface area (Å²) >= 11 is 0. The average Bonchev–Trinajstić information content (AvgIpc) is 2.68. The van der Waals surface area contributed by atoms with Crippen LogP contribution >= 0.6 is 0 Å². The fourth-order valence-electron chi connectivity index (χ4n) is 4.48. The van der Waals surface area contributed by atoms with Crippen LogP contribution in [0.3, 0.4) is 0 Å². The molecule has 152 valence electrons. The highest BCUT2D eigenvalue weighted by Crippen LogP contribution is 2.37. The molecule has 1 saturated carbocycles. The lowest BCUT2D eigenvalue weighted by Gasteiger charge is -2.29. The van der Waals surface area contributed by atoms with Gasteiger partial charge in [-0.1, -0.05) is 82.6 Å². The third kappa shape index (κ3) is 9.04. The summed E-state index contributed by atoms with van der Waals surface area (Å²) in [6.45, 7) is 2.28. The Hall–Kier alpha value is -1.18. The highest BCUT2D eigenvalue weighted by atomic mass is 19.3. The van der Waals surface area contributed by atoms with Crippen LogP contribution in [0.5, 0.6) is 0 Å². The van der Waals surface area contributed by atoms with Gasteiger partial charge in [-0.15, -0.1) is 0 Å². The van der Waals surface area contributed by atoms with Crippen molar-refractivity contribution in [1.29, 1.82) is 0 Å². The normalized spacial score (nSPS) is 19.8. The third-order valence-electron chi connectivity index (χ3n) is 6.25. The quantitative estimate of drug-likeness (QED) is 0.320. The molecule has 0 bridgehead atoms. The molecule has 27 heavy (non-hydrogen) atoms. The number of aryl methyl sites for hydroxylation is 1. The maximum atomic E-state index is 12.1. The van der Waals surface area contributed by atoms with Gasteiger partial charge in [0.1, 0.15) is 0 Å². The molecule has 0 atom stereocenters. The highest BCUT2D eigenvalue weighted by Gasteiger charge is 2.21. The lowest BCUT2D eigenvalue weighted by Crippen LogP contribution is -2.13. The van der Waals surface area contributed by atoms with Crippen molar-refractivity contribution in [2.45, 2.75) is 103 Å². The molecule has 1 aromatic carbocycles. The molecule has 1 fully saturated rings. The van der Waals surface area contributed by atoms with Crippen molar-refractivity contribution in [3.8, 4) is 0 Å². The summed E-state index contributed by atoms with van der Waals surface area (Å²) in [5.41, 5.74) is 2.60. The van der Waals surface area contributed by atoms with Gasteiger partial charge in [0.05, 0.1) is 0 Å². The van der Waals surface area contributed by atoms with Crippen molar-refractivity contribution in [2.24, 2.45) is 5.92 Å². The standard InChI is InChI=1S/C25H38F2/c1-2-3-4-5-6-7-8-10-21-13-17-23(18-14-21)24-19-15-22(16-20-24)11-9-12-25(26)27/h12,15-16,19-21,23H,2-11,13-14,17-18H2,1H3/t21-,23-. The molecule has 0 heterocycles. The second-order valence-corrected chi connectivity index (χ2v) is 8.40. The molecule has 0 spiro atoms. The molecular formula is C25H38F2. The van der Waals surface area contributed by atoms with E-state index in [1.54, 1.807) is 0 Å². The first kappa shape index (κ1) is 22.1. The van der Waals surface area contributed by atoms with Gasteiger partial charge >= 0.3 is 0 Å². The van der Waals surface area contributed by atoms with Gasteiger partial charge < -0.3 is 0 Å². The number of benzene rings is 1. The monoisotopic (exact) mass is 376 g/mol. The van der Waals surface area contributed by atoms with Gasteiger partial charge in [0.25, 0.3) is 6.08 Å². The maximum absolute atomic E-state index is 12.1. The number of halogens is 2. The van der Waals surface area contributed by atoms with Crippen molar-refractivity contribution in [1.82, 2.24) is 0 Å². The lowest BCUT2D eigenvalue weighted by molar-refractivity contribution is 0.302. The van der Waals surface area contributed by atoms with E-state index in [1.165, 1.54) is 82.6 Å². The Labute approximate surface area is 165 Å². The van der Waals surface area contributed by atoms with E-state index in [9.17, 15) is 8.78 Å². The molecule has 2 heteroatoms. The fraction of sp³-hybridized carbons (Fsp3) is 0.680. The molecular weight excluding hydrogens is 338 g/mol. The van der Waals surface area contributed by atoms with Crippen molar-refractivity contribution >= 4 is 0 Å². The molecule has 0 radical (unpaired) electrons. The Morgan fingerprint density at radius 3 is 2.15 bits per heavy atom. The van der Waals surface area contributed by atoms with Crippen LogP contribution in [0.15, 0.2) is 36.4 Å². The molecule has 0 aromatic heterocycles. The number of hydrogen-bond acceptors (Lipinski definition) is 0. The van der Waals surface area contributed by atoms with Gasteiger partial charge in [0.2, 0.25) is 0 Å². The second-order valence-electron chi connectivity index (χ2n) is 8.40. The molecule has 0 N–H and O–H groups in total. The minimum atomic E-state index is -1.57. The van der Waals surface area contributed by atoms with Gasteiger partial charge in [-0.3, -0.25) is 0 Å². The topological polar surface area (TPSA) is 0 Å². The van der Waals surface area contributed by atoms with E-state index in [1.807, 2.05) is 0 Å². The predicted molar refractivity (Wildman–Crippen MR) is 112 cm³/mol. The van der Waals surface area contributed by atoms with Crippen LogP contribution in [-0.2, 0) is 6.42 Å². The molecule has 1 aromatic rings. The Morgan fingerprint density at radius 1 is 0.889 bits per heavy atom. The van der Waals surface area contributed by atoms with Gasteiger partial charge in [-0.25, -0.2) is 0 Å². The second kappa shape index (κ2) is 13.1. The van der Waals surface area contributed by atoms with Crippen molar-refractivity contribution in [3.63, 3.8) is 0 Å². The number of unbranched alkanes of at least 4 members (excludes halogenated alkanes) is 6. The minimum Gasteiger partial charge on any atom is -0.174 e. The first-order valence-electron chi connectivity index (χ1n) is 11.3. The smallest absolute Gasteiger partial charge is 0.174 e. The molecule has 1 aliphatic rings. The van der Waals surface area contributed by atoms with Crippen molar-refractivity contribution in [2.75, 3.05) is 0 Å². The minimum absolute atomic E-state index is 0.422. The fourth-order valence-corrected chi connectivity index (χ4v) is 4.48. The van der Waals surface area contributed by atoms with E-state index in [2.05, 4.69) is 31.2 Å². The number of hydrogen-bond donors (Lipinski definition) is 0. The van der Waals surface area contributed by atoms with E-state index in [0.717, 1.165) is 17.6 Å². The largest absolute Gasteiger partial charge is 0.266 e. The maximum Gasteiger partial charge on any atom is 0.266 e. The Balaban J connectivity index is 1.61. The number of rotatable bonds is 12. The summed E-state index contributed by atoms with van der Waals surface area (Å²) in [4.78, 5) is 0. The Morgan fingerprint density at radius 2 is 1.52 bits per heavy atom. The summed E-state index contributed by atoms with van der Waals surface area (Å²) in [5, 5.41) is 0. The number of allylic oxidation sites excluding steroid dienone is 1. The van der Waals surface area contributed by atoms with E-state index in [4.69, 9.17) is 0 Å². The molecule has 1 aliphatic carbocycles. The first-order chi connectivity index (χ1) is 13.2. The Bertz CT molecular complexity index is 520. The molecule has 0 amide bonds. The average molecular weight is 377 g/mol. The summed E-state index contributed by atoms with van der Waals surface area (Å²) in [5.74, 6) is 1.64. The van der Waals surface area contributed by atoms with Crippen LogP contribution in [0.4, 0.5) is 8.78 Å². The molecule has 0 saturated heterocycles. The summed E-state index contributed by atoms with van der Waals surface area (Å²) in [6, 6.07) is 8.71.